The zero-order chi connectivity index (χ0) is 12.3. The Kier molecular flexibility index (Phi) is 3.84. The maximum absolute atomic E-state index is 10.7. The highest BCUT2D eigenvalue weighted by Crippen LogP contribution is 2.36. The van der Waals surface area contributed by atoms with E-state index in [1.54, 1.807) is 0 Å². The average Bonchev–Trinajstić information content (AvgIpc) is 2.80. The first-order valence-electron chi connectivity index (χ1n) is 6.60. The summed E-state index contributed by atoms with van der Waals surface area (Å²) in [6.07, 6.45) is 8.63. The van der Waals surface area contributed by atoms with E-state index in [0.29, 0.717) is 6.04 Å². The van der Waals surface area contributed by atoms with Gasteiger partial charge in [0.05, 0.1) is 11.8 Å². The number of nitrogens with zero attached hydrogens (tertiary/aromatic N) is 2. The van der Waals surface area contributed by atoms with Gasteiger partial charge in [-0.15, -0.1) is 0 Å². The molecule has 1 fully saturated rings. The molecule has 0 aromatic carbocycles. The quantitative estimate of drug-likeness (QED) is 0.837. The molecule has 2 N–H and O–H groups in total. The lowest BCUT2D eigenvalue weighted by Crippen LogP contribution is -2.38. The van der Waals surface area contributed by atoms with Crippen LogP contribution in [-0.4, -0.2) is 28.0 Å². The van der Waals surface area contributed by atoms with E-state index in [2.05, 4.69) is 17.3 Å². The maximum Gasteiger partial charge on any atom is 0.0928 e. The van der Waals surface area contributed by atoms with E-state index in [-0.39, 0.29) is 0 Å². The minimum atomic E-state index is -0.653. The molecule has 17 heavy (non-hydrogen) atoms. The Morgan fingerprint density at radius 1 is 1.53 bits per heavy atom. The second-order valence-electron chi connectivity index (χ2n) is 5.09. The van der Waals surface area contributed by atoms with Crippen molar-refractivity contribution in [3.05, 3.63) is 18.0 Å². The molecule has 0 aliphatic heterocycles. The maximum atomic E-state index is 10.7. The smallest absolute Gasteiger partial charge is 0.0928 e. The normalized spacial score (nSPS) is 29.5. The van der Waals surface area contributed by atoms with Crippen molar-refractivity contribution in [2.24, 2.45) is 0 Å². The molecule has 0 spiro atoms. The molecule has 0 radical (unpaired) electrons. The Balaban J connectivity index is 2.05. The van der Waals surface area contributed by atoms with Crippen LogP contribution in [0.2, 0.25) is 0 Å². The highest BCUT2D eigenvalue weighted by molar-refractivity contribution is 5.16. The van der Waals surface area contributed by atoms with Gasteiger partial charge >= 0.3 is 0 Å². The molecule has 0 saturated heterocycles. The van der Waals surface area contributed by atoms with Gasteiger partial charge in [0.25, 0.3) is 0 Å². The molecule has 4 heteroatoms. The summed E-state index contributed by atoms with van der Waals surface area (Å²) in [5, 5.41) is 18.2. The number of aliphatic hydroxyl groups is 1. The van der Waals surface area contributed by atoms with Crippen molar-refractivity contribution < 1.29 is 5.11 Å². The van der Waals surface area contributed by atoms with Crippen LogP contribution in [0.25, 0.3) is 0 Å². The zero-order valence-electron chi connectivity index (χ0n) is 10.8. The molecule has 1 aromatic heterocycles. The zero-order valence-corrected chi connectivity index (χ0v) is 10.8. The molecule has 2 rings (SSSR count). The topological polar surface area (TPSA) is 50.1 Å². The lowest BCUT2D eigenvalue weighted by Gasteiger charge is -2.35. The lowest BCUT2D eigenvalue weighted by atomic mass is 9.79. The van der Waals surface area contributed by atoms with Crippen LogP contribution in [0.15, 0.2) is 12.4 Å². The van der Waals surface area contributed by atoms with Gasteiger partial charge in [0.2, 0.25) is 0 Å². The summed E-state index contributed by atoms with van der Waals surface area (Å²) >= 11 is 0. The molecule has 0 unspecified atom stereocenters. The van der Waals surface area contributed by atoms with E-state index in [9.17, 15) is 5.11 Å². The molecule has 4 nitrogen and oxygen atoms in total. The fourth-order valence-electron chi connectivity index (χ4n) is 2.63. The van der Waals surface area contributed by atoms with Crippen LogP contribution in [0.1, 0.15) is 44.6 Å². The van der Waals surface area contributed by atoms with Crippen molar-refractivity contribution >= 4 is 0 Å². The van der Waals surface area contributed by atoms with E-state index in [1.807, 2.05) is 24.1 Å². The number of aryl methyl sites for hydroxylation is 1. The molecule has 1 aliphatic rings. The van der Waals surface area contributed by atoms with Crippen LogP contribution in [0.3, 0.4) is 0 Å². The van der Waals surface area contributed by atoms with Crippen molar-refractivity contribution in [2.75, 3.05) is 7.05 Å². The molecule has 1 aromatic rings. The molecular formula is C13H23N3O. The predicted octanol–water partition coefficient (Wildman–Crippen LogP) is 1.64. The van der Waals surface area contributed by atoms with E-state index in [1.165, 1.54) is 0 Å². The summed E-state index contributed by atoms with van der Waals surface area (Å²) in [6, 6.07) is 0.556. The predicted molar refractivity (Wildman–Crippen MR) is 67.7 cm³/mol. The Hall–Kier alpha value is -0.870. The second-order valence-corrected chi connectivity index (χ2v) is 5.09. The minimum absolute atomic E-state index is 0.556. The van der Waals surface area contributed by atoms with Gasteiger partial charge in [-0.05, 0) is 39.2 Å². The van der Waals surface area contributed by atoms with Crippen molar-refractivity contribution in [1.29, 1.82) is 0 Å². The molecule has 1 aliphatic carbocycles. The third-order valence-electron chi connectivity index (χ3n) is 3.84. The van der Waals surface area contributed by atoms with Gasteiger partial charge in [-0.2, -0.15) is 5.10 Å². The fourth-order valence-corrected chi connectivity index (χ4v) is 2.63. The van der Waals surface area contributed by atoms with Gasteiger partial charge in [-0.25, -0.2) is 0 Å². The summed E-state index contributed by atoms with van der Waals surface area (Å²) in [5.74, 6) is 0. The Bertz CT molecular complexity index is 353. The first-order valence-corrected chi connectivity index (χ1v) is 6.60. The van der Waals surface area contributed by atoms with Gasteiger partial charge in [-0.3, -0.25) is 4.68 Å². The number of hydrogen-bond acceptors (Lipinski definition) is 3. The molecule has 1 saturated carbocycles. The van der Waals surface area contributed by atoms with Crippen molar-refractivity contribution in [1.82, 2.24) is 15.1 Å². The van der Waals surface area contributed by atoms with Crippen LogP contribution in [-0.2, 0) is 12.1 Å². The second kappa shape index (κ2) is 5.19. The Labute approximate surface area is 103 Å². The molecule has 96 valence electrons. The first kappa shape index (κ1) is 12.6. The molecular weight excluding hydrogens is 214 g/mol. The van der Waals surface area contributed by atoms with Crippen molar-refractivity contribution in [2.45, 2.75) is 57.2 Å². The first-order chi connectivity index (χ1) is 8.18. The highest BCUT2D eigenvalue weighted by Gasteiger charge is 2.35. The van der Waals surface area contributed by atoms with Crippen molar-refractivity contribution in [3.8, 4) is 0 Å². The highest BCUT2D eigenvalue weighted by atomic mass is 16.3. The fraction of sp³-hybridized carbons (Fsp3) is 0.769. The monoisotopic (exact) mass is 237 g/mol. The van der Waals surface area contributed by atoms with Gasteiger partial charge in [0, 0.05) is 24.3 Å². The number of rotatable bonds is 4. The van der Waals surface area contributed by atoms with Crippen LogP contribution in [0.5, 0.6) is 0 Å². The van der Waals surface area contributed by atoms with E-state index < -0.39 is 5.60 Å². The molecule has 1 heterocycles. The Morgan fingerprint density at radius 3 is 2.82 bits per heavy atom. The third-order valence-corrected chi connectivity index (χ3v) is 3.84. The third kappa shape index (κ3) is 2.69. The molecule has 0 amide bonds. The summed E-state index contributed by atoms with van der Waals surface area (Å²) in [7, 11) is 1.99. The van der Waals surface area contributed by atoms with Crippen molar-refractivity contribution in [3.63, 3.8) is 0 Å². The van der Waals surface area contributed by atoms with Crippen LogP contribution < -0.4 is 5.32 Å². The number of aromatic nitrogens is 2. The Morgan fingerprint density at radius 2 is 2.24 bits per heavy atom. The van der Waals surface area contributed by atoms with Gasteiger partial charge in [0.15, 0.2) is 0 Å². The average molecular weight is 237 g/mol. The standard InChI is InChI=1S/C13H23N3O/c1-3-8-16-10-11(9-15-16)13(17)6-4-12(14-2)5-7-13/h9-10,12,14,17H,3-8H2,1-2H3. The molecule has 0 bridgehead atoms. The van der Waals surface area contributed by atoms with E-state index >= 15 is 0 Å². The lowest BCUT2D eigenvalue weighted by molar-refractivity contribution is -0.00770. The largest absolute Gasteiger partial charge is 0.385 e. The summed E-state index contributed by atoms with van der Waals surface area (Å²) in [4.78, 5) is 0. The number of nitrogens with one attached hydrogen (secondary N) is 1. The van der Waals surface area contributed by atoms with Crippen LogP contribution in [0.4, 0.5) is 0 Å². The van der Waals surface area contributed by atoms with Gasteiger partial charge in [0.1, 0.15) is 0 Å². The summed E-state index contributed by atoms with van der Waals surface area (Å²) < 4.78 is 1.93. The van der Waals surface area contributed by atoms with Crippen LogP contribution in [0, 0.1) is 0 Å². The number of hydrogen-bond donors (Lipinski definition) is 2. The van der Waals surface area contributed by atoms with Gasteiger partial charge in [-0.1, -0.05) is 6.92 Å². The summed E-state index contributed by atoms with van der Waals surface area (Å²) in [5.41, 5.74) is 0.333. The minimum Gasteiger partial charge on any atom is -0.385 e. The van der Waals surface area contributed by atoms with E-state index in [4.69, 9.17) is 0 Å². The summed E-state index contributed by atoms with van der Waals surface area (Å²) in [6.45, 7) is 3.06. The van der Waals surface area contributed by atoms with Crippen LogP contribution >= 0.6 is 0 Å². The van der Waals surface area contributed by atoms with Gasteiger partial charge < -0.3 is 10.4 Å². The SMILES string of the molecule is CCCn1cc(C2(O)CCC(NC)CC2)cn1. The van der Waals surface area contributed by atoms with E-state index in [0.717, 1.165) is 44.2 Å². The molecule has 0 atom stereocenters.